The fraction of sp³-hybridized carbons (Fsp3) is 0.617. The average Bonchev–Trinajstić information content (AvgIpc) is 4.09. The maximum atomic E-state index is 12.2. The quantitative estimate of drug-likeness (QED) is 0.0196. The van der Waals surface area contributed by atoms with E-state index in [0.717, 1.165) is 57.8 Å². The van der Waals surface area contributed by atoms with Crippen molar-refractivity contribution in [2.75, 3.05) is 0 Å². The Bertz CT molecular complexity index is 2150. The molecule has 0 fully saturated rings. The molecule has 0 saturated heterocycles. The lowest BCUT2D eigenvalue weighted by Crippen LogP contribution is -2.14. The van der Waals surface area contributed by atoms with Crippen LogP contribution < -0.4 is 4.74 Å². The third kappa shape index (κ3) is 20.0. The Morgan fingerprint density at radius 1 is 0.423 bits per heavy atom. The number of benzene rings is 3. The van der Waals surface area contributed by atoms with Crippen LogP contribution in [0.1, 0.15) is 255 Å². The molecule has 5 aromatic rings. The van der Waals surface area contributed by atoms with Crippen LogP contribution in [0.25, 0.3) is 45.8 Å². The van der Waals surface area contributed by atoms with Crippen molar-refractivity contribution in [2.24, 2.45) is 0 Å². The zero-order valence-electron chi connectivity index (χ0n) is 44.0. The van der Waals surface area contributed by atoms with Gasteiger partial charge in [0.2, 0.25) is 23.6 Å². The van der Waals surface area contributed by atoms with Crippen LogP contribution in [0.15, 0.2) is 69.5 Å². The molecule has 0 aliphatic carbocycles. The minimum atomic E-state index is -0.828. The number of rotatable bonds is 38. The number of aromatic nitrogens is 4. The normalized spacial score (nSPS) is 12.9. The molecule has 71 heavy (non-hydrogen) atoms. The standard InChI is InChI=1S/C60H88N4O7/c1-5-8-11-14-17-20-23-26-29-32-53(66)51-43-49(44-52(54(67)33-30-27-24-21-18-15-12-9-6-2)56(51)55(68)34-31-28-25-22-19-16-13-10-7-3)60-64-63-58(71-60)47-37-35-46(36-38-47)57-61-62-59(70-57)48-39-41-50(42-40-48)69-45(4)65/h35-44,53-55,66-68H,5-34H2,1-4H3. The van der Waals surface area contributed by atoms with Crippen LogP contribution in [0.2, 0.25) is 0 Å². The lowest BCUT2D eigenvalue weighted by Gasteiger charge is -2.26. The maximum Gasteiger partial charge on any atom is 0.308 e. The van der Waals surface area contributed by atoms with E-state index >= 15 is 0 Å². The Kier molecular flexibility index (Phi) is 26.7. The highest BCUT2D eigenvalue weighted by atomic mass is 16.5. The SMILES string of the molecule is CCCCCCCCCCCC(O)c1cc(-c2nnc(-c3ccc(-c4nnc(-c5ccc(OC(C)=O)cc5)o4)cc3)o2)cc(C(O)CCCCCCCCCCC)c1C(O)CCCCCCCCCCC. The van der Waals surface area contributed by atoms with Gasteiger partial charge >= 0.3 is 5.97 Å². The van der Waals surface area contributed by atoms with Crippen molar-refractivity contribution in [3.05, 3.63) is 77.4 Å². The molecular formula is C60H88N4O7. The highest BCUT2D eigenvalue weighted by molar-refractivity contribution is 5.70. The van der Waals surface area contributed by atoms with Gasteiger partial charge < -0.3 is 28.9 Å². The second-order valence-electron chi connectivity index (χ2n) is 20.0. The predicted octanol–water partition coefficient (Wildman–Crippen LogP) is 16.9. The van der Waals surface area contributed by atoms with Gasteiger partial charge in [0.05, 0.1) is 18.3 Å². The van der Waals surface area contributed by atoms with Gasteiger partial charge in [0, 0.05) is 29.2 Å². The van der Waals surface area contributed by atoms with Crippen molar-refractivity contribution in [1.82, 2.24) is 20.4 Å². The molecule has 11 heteroatoms. The summed E-state index contributed by atoms with van der Waals surface area (Å²) in [5, 5.41) is 53.9. The molecule has 0 saturated carbocycles. The van der Waals surface area contributed by atoms with Gasteiger partial charge in [-0.25, -0.2) is 0 Å². The van der Waals surface area contributed by atoms with E-state index in [1.54, 1.807) is 24.3 Å². The largest absolute Gasteiger partial charge is 0.427 e. The number of aliphatic hydroxyl groups is 3. The van der Waals surface area contributed by atoms with Crippen molar-refractivity contribution in [3.8, 4) is 51.6 Å². The molecule has 0 aliphatic rings. The van der Waals surface area contributed by atoms with Gasteiger partial charge in [0.1, 0.15) is 5.75 Å². The lowest BCUT2D eigenvalue weighted by atomic mass is 9.84. The molecule has 0 aliphatic heterocycles. The summed E-state index contributed by atoms with van der Waals surface area (Å²) in [7, 11) is 0. The van der Waals surface area contributed by atoms with E-state index in [-0.39, 0.29) is 5.89 Å². The molecule has 3 unspecified atom stereocenters. The minimum absolute atomic E-state index is 0.276. The number of esters is 1. The van der Waals surface area contributed by atoms with Crippen LogP contribution in [0, 0.1) is 0 Å². The zero-order chi connectivity index (χ0) is 50.5. The van der Waals surface area contributed by atoms with E-state index in [1.165, 1.54) is 122 Å². The molecule has 0 bridgehead atoms. The van der Waals surface area contributed by atoms with Crippen LogP contribution in [0.5, 0.6) is 5.75 Å². The molecule has 0 spiro atoms. The number of carbonyl (C=O) groups excluding carboxylic acids is 1. The molecule has 2 aromatic heterocycles. The summed E-state index contributed by atoms with van der Waals surface area (Å²) in [6.45, 7) is 8.10. The lowest BCUT2D eigenvalue weighted by molar-refractivity contribution is -0.131. The van der Waals surface area contributed by atoms with E-state index in [1.807, 2.05) is 36.4 Å². The van der Waals surface area contributed by atoms with Gasteiger partial charge in [-0.05, 0) is 96.6 Å². The summed E-state index contributed by atoms with van der Waals surface area (Å²) >= 11 is 0. The number of hydrogen-bond acceptors (Lipinski definition) is 11. The molecular weight excluding hydrogens is 889 g/mol. The van der Waals surface area contributed by atoms with Crippen LogP contribution in [-0.4, -0.2) is 41.7 Å². The molecule has 3 atom stereocenters. The van der Waals surface area contributed by atoms with Crippen LogP contribution in [-0.2, 0) is 4.79 Å². The topological polar surface area (TPSA) is 165 Å². The molecule has 5 rings (SSSR count). The molecule has 390 valence electrons. The molecule has 2 heterocycles. The first-order chi connectivity index (χ1) is 34.7. The van der Waals surface area contributed by atoms with E-state index in [2.05, 4.69) is 41.2 Å². The number of aliphatic hydroxyl groups excluding tert-OH is 3. The first kappa shape index (κ1) is 57.2. The number of carbonyl (C=O) groups is 1. The van der Waals surface area contributed by atoms with Crippen LogP contribution in [0.4, 0.5) is 0 Å². The average molecular weight is 977 g/mol. The first-order valence-electron chi connectivity index (χ1n) is 28.0. The summed E-state index contributed by atoms with van der Waals surface area (Å²) < 4.78 is 17.5. The van der Waals surface area contributed by atoms with Crippen molar-refractivity contribution in [1.29, 1.82) is 0 Å². The van der Waals surface area contributed by atoms with Crippen LogP contribution >= 0.6 is 0 Å². The third-order valence-electron chi connectivity index (χ3n) is 13.9. The Balaban J connectivity index is 1.36. The van der Waals surface area contributed by atoms with Gasteiger partial charge in [-0.3, -0.25) is 4.79 Å². The Labute approximate surface area is 426 Å². The van der Waals surface area contributed by atoms with Gasteiger partial charge in [0.25, 0.3) is 0 Å². The number of ether oxygens (including phenoxy) is 1. The molecule has 3 aromatic carbocycles. The number of hydrogen-bond donors (Lipinski definition) is 3. The van der Waals surface area contributed by atoms with Gasteiger partial charge in [0.15, 0.2) is 0 Å². The predicted molar refractivity (Wildman–Crippen MR) is 286 cm³/mol. The third-order valence-corrected chi connectivity index (χ3v) is 13.9. The van der Waals surface area contributed by atoms with Crippen LogP contribution in [0.3, 0.4) is 0 Å². The summed E-state index contributed by atoms with van der Waals surface area (Å²) in [6.07, 6.45) is 31.3. The summed E-state index contributed by atoms with van der Waals surface area (Å²) in [6, 6.07) is 18.1. The Morgan fingerprint density at radius 3 is 1.03 bits per heavy atom. The fourth-order valence-corrected chi connectivity index (χ4v) is 9.66. The Hall–Kier alpha value is -4.71. The Morgan fingerprint density at radius 2 is 0.704 bits per heavy atom. The van der Waals surface area contributed by atoms with E-state index in [4.69, 9.17) is 13.6 Å². The smallest absolute Gasteiger partial charge is 0.308 e. The van der Waals surface area contributed by atoms with Gasteiger partial charge in [-0.1, -0.05) is 194 Å². The first-order valence-corrected chi connectivity index (χ1v) is 28.0. The second-order valence-corrected chi connectivity index (χ2v) is 20.0. The molecule has 0 radical (unpaired) electrons. The molecule has 3 N–H and O–H groups in total. The fourth-order valence-electron chi connectivity index (χ4n) is 9.66. The van der Waals surface area contributed by atoms with E-state index < -0.39 is 24.3 Å². The highest BCUT2D eigenvalue weighted by Crippen LogP contribution is 2.41. The van der Waals surface area contributed by atoms with Crippen molar-refractivity contribution < 1.29 is 33.7 Å². The summed E-state index contributed by atoms with van der Waals surface area (Å²) in [5.41, 5.74) is 4.66. The minimum Gasteiger partial charge on any atom is -0.427 e. The van der Waals surface area contributed by atoms with Gasteiger partial charge in [-0.15, -0.1) is 20.4 Å². The van der Waals surface area contributed by atoms with E-state index in [9.17, 15) is 20.1 Å². The van der Waals surface area contributed by atoms with Crippen molar-refractivity contribution in [2.45, 2.75) is 239 Å². The van der Waals surface area contributed by atoms with Crippen molar-refractivity contribution >= 4 is 5.97 Å². The number of nitrogens with zero attached hydrogens (tertiary/aromatic N) is 4. The second kappa shape index (κ2) is 33.1. The maximum absolute atomic E-state index is 12.2. The number of unbranched alkanes of at least 4 members (excludes halogenated alkanes) is 24. The van der Waals surface area contributed by atoms with E-state index in [0.29, 0.717) is 81.6 Å². The molecule has 0 amide bonds. The highest BCUT2D eigenvalue weighted by Gasteiger charge is 2.27. The summed E-state index contributed by atoms with van der Waals surface area (Å²) in [5.74, 6) is 1.30. The van der Waals surface area contributed by atoms with Gasteiger partial charge in [-0.2, -0.15) is 0 Å². The molecule has 11 nitrogen and oxygen atoms in total. The summed E-state index contributed by atoms with van der Waals surface area (Å²) in [4.78, 5) is 11.3. The van der Waals surface area contributed by atoms with Crippen molar-refractivity contribution in [3.63, 3.8) is 0 Å². The monoisotopic (exact) mass is 977 g/mol. The zero-order valence-corrected chi connectivity index (χ0v) is 44.0.